The molecule has 0 amide bonds. The Kier molecular flexibility index (Phi) is 3.09. The lowest BCUT2D eigenvalue weighted by Gasteiger charge is -2.01. The SMILES string of the molecule is C=C/C=C(\C=NC)c1cc(O)n2ncnc(N)c12. The summed E-state index contributed by atoms with van der Waals surface area (Å²) in [5, 5.41) is 13.8. The molecule has 6 nitrogen and oxygen atoms in total. The summed E-state index contributed by atoms with van der Waals surface area (Å²) in [6.45, 7) is 3.65. The number of aromatic nitrogens is 3. The standard InChI is InChI=1S/C12H13N5O/c1-3-4-8(6-14-2)9-5-10(18)17-11(9)12(13)15-7-16-17/h3-7,18H,1H2,2H3,(H2,13,15,16)/b8-4+,14-6?. The van der Waals surface area contributed by atoms with Gasteiger partial charge in [0.25, 0.3) is 0 Å². The topological polar surface area (TPSA) is 88.8 Å². The van der Waals surface area contributed by atoms with Crippen LogP contribution in [0.3, 0.4) is 0 Å². The second-order valence-electron chi connectivity index (χ2n) is 3.57. The van der Waals surface area contributed by atoms with Crippen LogP contribution >= 0.6 is 0 Å². The Morgan fingerprint density at radius 3 is 3.06 bits per heavy atom. The van der Waals surface area contributed by atoms with Crippen molar-refractivity contribution in [2.45, 2.75) is 0 Å². The molecule has 0 radical (unpaired) electrons. The van der Waals surface area contributed by atoms with Gasteiger partial charge in [-0.15, -0.1) is 0 Å². The lowest BCUT2D eigenvalue weighted by Crippen LogP contribution is -2.00. The Balaban J connectivity index is 2.78. The van der Waals surface area contributed by atoms with E-state index < -0.39 is 0 Å². The van der Waals surface area contributed by atoms with Crippen LogP contribution in [-0.4, -0.2) is 33.0 Å². The normalized spacial score (nSPS) is 12.4. The molecule has 0 spiro atoms. The fraction of sp³-hybridized carbons (Fsp3) is 0.0833. The van der Waals surface area contributed by atoms with E-state index in [2.05, 4.69) is 21.7 Å². The summed E-state index contributed by atoms with van der Waals surface area (Å²) in [5.41, 5.74) is 7.84. The number of hydrogen-bond donors (Lipinski definition) is 2. The molecule has 0 unspecified atom stereocenters. The van der Waals surface area contributed by atoms with E-state index >= 15 is 0 Å². The lowest BCUT2D eigenvalue weighted by atomic mass is 10.1. The van der Waals surface area contributed by atoms with Crippen LogP contribution in [0.25, 0.3) is 11.1 Å². The van der Waals surface area contributed by atoms with Crippen molar-refractivity contribution < 1.29 is 5.11 Å². The van der Waals surface area contributed by atoms with E-state index in [-0.39, 0.29) is 5.88 Å². The van der Waals surface area contributed by atoms with E-state index in [0.29, 0.717) is 16.9 Å². The number of nitrogens with two attached hydrogens (primary N) is 1. The quantitative estimate of drug-likeness (QED) is 0.628. The minimum absolute atomic E-state index is 0.00596. The molecule has 0 atom stereocenters. The molecule has 0 fully saturated rings. The average molecular weight is 243 g/mol. The Morgan fingerprint density at radius 1 is 1.61 bits per heavy atom. The summed E-state index contributed by atoms with van der Waals surface area (Å²) in [7, 11) is 1.66. The Labute approximate surface area is 104 Å². The van der Waals surface area contributed by atoms with Gasteiger partial charge in [0, 0.05) is 30.5 Å². The van der Waals surface area contributed by atoms with E-state index in [1.54, 1.807) is 31.5 Å². The summed E-state index contributed by atoms with van der Waals surface area (Å²) in [6, 6.07) is 1.57. The molecular weight excluding hydrogens is 230 g/mol. The van der Waals surface area contributed by atoms with Crippen LogP contribution in [0.4, 0.5) is 5.82 Å². The first-order chi connectivity index (χ1) is 8.69. The molecule has 0 aromatic carbocycles. The molecule has 0 aliphatic carbocycles. The maximum Gasteiger partial charge on any atom is 0.213 e. The van der Waals surface area contributed by atoms with Crippen molar-refractivity contribution in [2.75, 3.05) is 12.8 Å². The molecule has 0 bridgehead atoms. The highest BCUT2D eigenvalue weighted by Crippen LogP contribution is 2.28. The van der Waals surface area contributed by atoms with Gasteiger partial charge in [-0.1, -0.05) is 18.7 Å². The van der Waals surface area contributed by atoms with Gasteiger partial charge in [0.1, 0.15) is 11.8 Å². The fourth-order valence-corrected chi connectivity index (χ4v) is 1.74. The highest BCUT2D eigenvalue weighted by atomic mass is 16.3. The van der Waals surface area contributed by atoms with Crippen molar-refractivity contribution in [1.82, 2.24) is 14.6 Å². The van der Waals surface area contributed by atoms with Crippen molar-refractivity contribution in [3.63, 3.8) is 0 Å². The molecule has 6 heteroatoms. The van der Waals surface area contributed by atoms with Gasteiger partial charge in [-0.05, 0) is 0 Å². The second-order valence-corrected chi connectivity index (χ2v) is 3.57. The molecule has 2 aromatic rings. The maximum atomic E-state index is 9.82. The fourth-order valence-electron chi connectivity index (χ4n) is 1.74. The third-order valence-corrected chi connectivity index (χ3v) is 2.44. The number of allylic oxidation sites excluding steroid dienone is 3. The van der Waals surface area contributed by atoms with Crippen molar-refractivity contribution >= 4 is 23.1 Å². The Morgan fingerprint density at radius 2 is 2.39 bits per heavy atom. The molecule has 2 heterocycles. The minimum atomic E-state index is -0.00596. The summed E-state index contributed by atoms with van der Waals surface area (Å²) in [4.78, 5) is 7.88. The van der Waals surface area contributed by atoms with Crippen molar-refractivity contribution in [3.8, 4) is 5.88 Å². The zero-order valence-electron chi connectivity index (χ0n) is 9.91. The minimum Gasteiger partial charge on any atom is -0.493 e. The first-order valence-corrected chi connectivity index (χ1v) is 5.25. The summed E-state index contributed by atoms with van der Waals surface area (Å²) >= 11 is 0. The molecule has 0 aliphatic rings. The smallest absolute Gasteiger partial charge is 0.213 e. The van der Waals surface area contributed by atoms with E-state index in [9.17, 15) is 5.11 Å². The van der Waals surface area contributed by atoms with Gasteiger partial charge in [0.15, 0.2) is 5.82 Å². The lowest BCUT2D eigenvalue weighted by molar-refractivity contribution is 0.438. The third kappa shape index (κ3) is 1.84. The van der Waals surface area contributed by atoms with Crippen LogP contribution in [-0.2, 0) is 0 Å². The number of aromatic hydroxyl groups is 1. The van der Waals surface area contributed by atoms with E-state index in [4.69, 9.17) is 5.73 Å². The molecule has 0 saturated heterocycles. The number of anilines is 1. The van der Waals surface area contributed by atoms with Crippen LogP contribution in [0.1, 0.15) is 5.56 Å². The van der Waals surface area contributed by atoms with Gasteiger partial charge in [0.2, 0.25) is 5.88 Å². The highest BCUT2D eigenvalue weighted by molar-refractivity contribution is 6.14. The number of rotatable bonds is 3. The molecular formula is C12H13N5O. The zero-order valence-corrected chi connectivity index (χ0v) is 9.91. The Bertz CT molecular complexity index is 654. The molecule has 0 saturated carbocycles. The molecule has 2 aromatic heterocycles. The molecule has 18 heavy (non-hydrogen) atoms. The van der Waals surface area contributed by atoms with Crippen molar-refractivity contribution in [1.29, 1.82) is 0 Å². The summed E-state index contributed by atoms with van der Waals surface area (Å²) in [6.07, 6.45) is 6.35. The number of aliphatic imine (C=N–C) groups is 1. The van der Waals surface area contributed by atoms with E-state index in [1.807, 2.05) is 0 Å². The van der Waals surface area contributed by atoms with Gasteiger partial charge in [0.05, 0.1) is 0 Å². The predicted molar refractivity (Wildman–Crippen MR) is 71.7 cm³/mol. The first-order valence-electron chi connectivity index (χ1n) is 5.25. The summed E-state index contributed by atoms with van der Waals surface area (Å²) in [5.74, 6) is 0.285. The Hall–Kier alpha value is -2.63. The largest absolute Gasteiger partial charge is 0.493 e. The van der Waals surface area contributed by atoms with Gasteiger partial charge in [-0.3, -0.25) is 4.99 Å². The van der Waals surface area contributed by atoms with Crippen LogP contribution in [0.5, 0.6) is 5.88 Å². The number of nitrogen functional groups attached to an aromatic ring is 1. The molecule has 92 valence electrons. The van der Waals surface area contributed by atoms with Gasteiger partial charge in [-0.2, -0.15) is 9.61 Å². The predicted octanol–water partition coefficient (Wildman–Crippen LogP) is 1.29. The van der Waals surface area contributed by atoms with Gasteiger partial charge in [-0.25, -0.2) is 4.98 Å². The highest BCUT2D eigenvalue weighted by Gasteiger charge is 2.14. The van der Waals surface area contributed by atoms with Crippen molar-refractivity contribution in [3.05, 3.63) is 36.7 Å². The second kappa shape index (κ2) is 4.70. The molecule has 0 aliphatic heterocycles. The third-order valence-electron chi connectivity index (χ3n) is 2.44. The molecule has 2 rings (SSSR count). The monoisotopic (exact) mass is 243 g/mol. The van der Waals surface area contributed by atoms with Crippen LogP contribution in [0, 0.1) is 0 Å². The summed E-state index contributed by atoms with van der Waals surface area (Å²) < 4.78 is 1.33. The average Bonchev–Trinajstić information content (AvgIpc) is 2.68. The van der Waals surface area contributed by atoms with Gasteiger partial charge >= 0.3 is 0 Å². The van der Waals surface area contributed by atoms with Crippen LogP contribution in [0.2, 0.25) is 0 Å². The van der Waals surface area contributed by atoms with Crippen LogP contribution in [0.15, 0.2) is 36.1 Å². The van der Waals surface area contributed by atoms with E-state index in [0.717, 1.165) is 5.57 Å². The first kappa shape index (κ1) is 11.8. The maximum absolute atomic E-state index is 9.82. The number of nitrogens with zero attached hydrogens (tertiary/aromatic N) is 4. The number of fused-ring (bicyclic) bond motifs is 1. The molecule has 3 N–H and O–H groups in total. The van der Waals surface area contributed by atoms with Crippen molar-refractivity contribution in [2.24, 2.45) is 4.99 Å². The zero-order chi connectivity index (χ0) is 13.1. The number of hydrogen-bond acceptors (Lipinski definition) is 5. The van der Waals surface area contributed by atoms with E-state index in [1.165, 1.54) is 10.8 Å². The van der Waals surface area contributed by atoms with Crippen LogP contribution < -0.4 is 5.73 Å². The van der Waals surface area contributed by atoms with Gasteiger partial charge < -0.3 is 10.8 Å².